The maximum absolute atomic E-state index is 14.0. The lowest BCUT2D eigenvalue weighted by Gasteiger charge is -2.41. The lowest BCUT2D eigenvalue weighted by molar-refractivity contribution is -0.142. The fourth-order valence-electron chi connectivity index (χ4n) is 5.45. The van der Waals surface area contributed by atoms with Crippen LogP contribution in [0.4, 0.5) is 0 Å². The summed E-state index contributed by atoms with van der Waals surface area (Å²) in [5.41, 5.74) is 1.86. The lowest BCUT2D eigenvalue weighted by Crippen LogP contribution is -2.56. The Morgan fingerprint density at radius 3 is 2.58 bits per heavy atom. The number of halogens is 1. The highest BCUT2D eigenvalue weighted by Crippen LogP contribution is 2.37. The monoisotopic (exact) mass is 710 g/mol. The summed E-state index contributed by atoms with van der Waals surface area (Å²) in [5.74, 6) is 0.449. The van der Waals surface area contributed by atoms with Crippen LogP contribution in [0.3, 0.4) is 0 Å². The highest BCUT2D eigenvalue weighted by Gasteiger charge is 2.42. The number of carbonyl (C=O) groups excluding carboxylic acids is 2. The number of hydrogen-bond acceptors (Lipinski definition) is 9. The number of methoxy groups -OCH3 is 2. The molecule has 2 aromatic carbocycles. The molecule has 2 aliphatic rings. The van der Waals surface area contributed by atoms with E-state index in [1.54, 1.807) is 30.2 Å². The average molecular weight is 711 g/mol. The van der Waals surface area contributed by atoms with Gasteiger partial charge in [-0.1, -0.05) is 18.2 Å². The largest absolute Gasteiger partial charge is 0.496 e. The first kappa shape index (κ1) is 33.0. The zero-order chi connectivity index (χ0) is 30.9. The minimum absolute atomic E-state index is 0.0547. The van der Waals surface area contributed by atoms with Crippen LogP contribution < -0.4 is 19.5 Å². The predicted molar refractivity (Wildman–Crippen MR) is 166 cm³/mol. The van der Waals surface area contributed by atoms with Crippen molar-refractivity contribution in [3.8, 4) is 17.2 Å². The van der Waals surface area contributed by atoms with E-state index in [1.807, 2.05) is 24.3 Å². The van der Waals surface area contributed by atoms with Crippen LogP contribution in [0.2, 0.25) is 0 Å². The second-order valence-corrected chi connectivity index (χ2v) is 11.6. The summed E-state index contributed by atoms with van der Waals surface area (Å²) < 4.78 is 23.5. The molecule has 12 heteroatoms. The summed E-state index contributed by atoms with van der Waals surface area (Å²) in [6.07, 6.45) is 0.460. The maximum atomic E-state index is 14.0. The number of para-hydroxylation sites is 1. The molecular formula is C31H39IN2O9. The van der Waals surface area contributed by atoms with Gasteiger partial charge in [0, 0.05) is 31.7 Å². The van der Waals surface area contributed by atoms with Crippen molar-refractivity contribution in [1.82, 2.24) is 10.2 Å². The number of hydrogen-bond donors (Lipinski definition) is 4. The van der Waals surface area contributed by atoms with E-state index in [2.05, 4.69) is 27.9 Å². The number of rotatable bonds is 13. The number of aliphatic hydroxyl groups excluding tert-OH is 3. The topological polar surface area (TPSA) is 147 Å². The van der Waals surface area contributed by atoms with Crippen molar-refractivity contribution in [3.63, 3.8) is 0 Å². The van der Waals surface area contributed by atoms with Gasteiger partial charge in [-0.3, -0.25) is 9.59 Å². The summed E-state index contributed by atoms with van der Waals surface area (Å²) in [6, 6.07) is 10.2. The van der Waals surface area contributed by atoms with E-state index in [9.17, 15) is 24.9 Å². The number of benzene rings is 2. The van der Waals surface area contributed by atoms with Crippen molar-refractivity contribution in [1.29, 1.82) is 0 Å². The Balaban J connectivity index is 1.70. The zero-order valence-corrected chi connectivity index (χ0v) is 26.5. The molecule has 234 valence electrons. The Hall–Kier alpha value is -2.91. The van der Waals surface area contributed by atoms with E-state index in [-0.39, 0.29) is 44.5 Å². The number of carbonyl (C=O) groups is 2. The Bertz CT molecular complexity index is 1300. The maximum Gasteiger partial charge on any atom is 0.247 e. The Morgan fingerprint density at radius 1 is 1.14 bits per heavy atom. The summed E-state index contributed by atoms with van der Waals surface area (Å²) >= 11 is 2.06. The third kappa shape index (κ3) is 7.98. The molecule has 4 atom stereocenters. The number of aliphatic hydroxyl groups is 3. The van der Waals surface area contributed by atoms with Crippen LogP contribution in [0.1, 0.15) is 24.0 Å². The quantitative estimate of drug-likeness (QED) is 0.229. The molecular weight excluding hydrogens is 671 g/mol. The average Bonchev–Trinajstić information content (AvgIpc) is 3.57. The zero-order valence-electron chi connectivity index (χ0n) is 24.3. The molecule has 0 saturated carbocycles. The number of nitrogens with one attached hydrogen (secondary N) is 1. The van der Waals surface area contributed by atoms with Crippen LogP contribution in [0.15, 0.2) is 48.0 Å². The van der Waals surface area contributed by atoms with E-state index in [4.69, 9.17) is 18.9 Å². The molecule has 43 heavy (non-hydrogen) atoms. The summed E-state index contributed by atoms with van der Waals surface area (Å²) in [6.45, 7) is 0.666. The van der Waals surface area contributed by atoms with Crippen LogP contribution in [0, 0.1) is 9.49 Å². The first-order valence-electron chi connectivity index (χ1n) is 14.2. The van der Waals surface area contributed by atoms with Crippen molar-refractivity contribution in [3.05, 3.63) is 62.7 Å². The minimum Gasteiger partial charge on any atom is -0.496 e. The molecule has 1 aliphatic carbocycles. The van der Waals surface area contributed by atoms with Gasteiger partial charge in [0.05, 0.1) is 49.6 Å². The van der Waals surface area contributed by atoms with Gasteiger partial charge in [0.25, 0.3) is 0 Å². The molecule has 1 heterocycles. The molecule has 4 rings (SSSR count). The summed E-state index contributed by atoms with van der Waals surface area (Å²) in [5, 5.41) is 33.4. The first-order valence-corrected chi connectivity index (χ1v) is 15.3. The molecule has 0 spiro atoms. The van der Waals surface area contributed by atoms with Gasteiger partial charge in [-0.15, -0.1) is 0 Å². The predicted octanol–water partition coefficient (Wildman–Crippen LogP) is 1.82. The highest BCUT2D eigenvalue weighted by atomic mass is 127. The van der Waals surface area contributed by atoms with Crippen molar-refractivity contribution in [2.45, 2.75) is 44.1 Å². The Labute approximate surface area is 264 Å². The molecule has 0 radical (unpaired) electrons. The van der Waals surface area contributed by atoms with Gasteiger partial charge in [-0.2, -0.15) is 0 Å². The van der Waals surface area contributed by atoms with Crippen LogP contribution in [0.5, 0.6) is 17.2 Å². The van der Waals surface area contributed by atoms with Crippen molar-refractivity contribution in [2.75, 3.05) is 47.1 Å². The van der Waals surface area contributed by atoms with Crippen LogP contribution in [-0.2, 0) is 27.4 Å². The van der Waals surface area contributed by atoms with Gasteiger partial charge in [0.1, 0.15) is 18.0 Å². The van der Waals surface area contributed by atoms with E-state index in [1.165, 1.54) is 7.11 Å². The van der Waals surface area contributed by atoms with Gasteiger partial charge >= 0.3 is 0 Å². The standard InChI is InChI=1S/C31H39IN2O9/c1-40-25-6-4-3-5-20(25)7-10-34(31(39)21-8-12-42-18-21)24-15-22(30(38)33-9-11-35)16-26(28(24)37)43-29-23(32)13-19(17-36)14-27(29)41-2/h3-6,13-14,16,21,24,26,28,35-37H,7-12,15,17-18H2,1-2H3,(H,33,38)/t21?,24-,26+,28+/m1/s1. The van der Waals surface area contributed by atoms with Gasteiger partial charge in [-0.05, 0) is 70.8 Å². The summed E-state index contributed by atoms with van der Waals surface area (Å²) in [4.78, 5) is 28.8. The third-order valence-electron chi connectivity index (χ3n) is 7.72. The molecule has 1 saturated heterocycles. The molecule has 11 nitrogen and oxygen atoms in total. The summed E-state index contributed by atoms with van der Waals surface area (Å²) in [7, 11) is 3.07. The molecule has 1 unspecified atom stereocenters. The van der Waals surface area contributed by atoms with Crippen LogP contribution >= 0.6 is 22.6 Å². The Morgan fingerprint density at radius 2 is 1.91 bits per heavy atom. The first-order chi connectivity index (χ1) is 20.8. The smallest absolute Gasteiger partial charge is 0.247 e. The SMILES string of the molecule is COc1ccccc1CCN(C(=O)C1CCOC1)[C@@H]1CC(C(=O)NCCO)=C[C@H](Oc2c(I)cc(CO)cc2OC)[C@H]1O. The second kappa shape index (κ2) is 15.7. The second-order valence-electron chi connectivity index (χ2n) is 10.4. The molecule has 0 aromatic heterocycles. The molecule has 0 bridgehead atoms. The number of amides is 2. The van der Waals surface area contributed by atoms with Gasteiger partial charge in [-0.25, -0.2) is 0 Å². The van der Waals surface area contributed by atoms with E-state index in [0.717, 1.165) is 5.56 Å². The Kier molecular flexibility index (Phi) is 12.1. The molecule has 1 fully saturated rings. The molecule has 2 aromatic rings. The normalized spacial score (nSPS) is 21.6. The molecule has 2 amide bonds. The van der Waals surface area contributed by atoms with Gasteiger partial charge < -0.3 is 44.5 Å². The lowest BCUT2D eigenvalue weighted by atomic mass is 9.87. The van der Waals surface area contributed by atoms with E-state index < -0.39 is 24.2 Å². The van der Waals surface area contributed by atoms with Gasteiger partial charge in [0.15, 0.2) is 11.5 Å². The van der Waals surface area contributed by atoms with Crippen LogP contribution in [-0.4, -0.2) is 97.4 Å². The van der Waals surface area contributed by atoms with Crippen LogP contribution in [0.25, 0.3) is 0 Å². The number of ether oxygens (including phenoxy) is 4. The van der Waals surface area contributed by atoms with E-state index in [0.29, 0.717) is 58.0 Å². The highest BCUT2D eigenvalue weighted by molar-refractivity contribution is 14.1. The molecule has 1 aliphatic heterocycles. The fourth-order valence-corrected chi connectivity index (χ4v) is 6.24. The minimum atomic E-state index is -1.20. The van der Waals surface area contributed by atoms with Crippen molar-refractivity contribution in [2.24, 2.45) is 5.92 Å². The van der Waals surface area contributed by atoms with Crippen molar-refractivity contribution >= 4 is 34.4 Å². The third-order valence-corrected chi connectivity index (χ3v) is 8.52. The van der Waals surface area contributed by atoms with Gasteiger partial charge in [0.2, 0.25) is 11.8 Å². The van der Waals surface area contributed by atoms with Crippen molar-refractivity contribution < 1.29 is 43.9 Å². The van der Waals surface area contributed by atoms with E-state index >= 15 is 0 Å². The number of nitrogens with zero attached hydrogens (tertiary/aromatic N) is 1. The fraction of sp³-hybridized carbons (Fsp3) is 0.484. The molecule has 4 N–H and O–H groups in total.